The summed E-state index contributed by atoms with van der Waals surface area (Å²) < 4.78 is 14.9. The lowest BCUT2D eigenvalue weighted by molar-refractivity contribution is -0.0186. The first-order chi connectivity index (χ1) is 10.3. The van der Waals surface area contributed by atoms with Crippen LogP contribution in [0.1, 0.15) is 32.4 Å². The number of para-hydroxylation sites is 1. The number of carbonyl (C=O) groups excluding carboxylic acids is 2. The average Bonchev–Trinajstić information content (AvgIpc) is 2.43. The Labute approximate surface area is 130 Å². The molecule has 1 amide bonds. The molecule has 0 fully saturated rings. The molecule has 0 aliphatic heterocycles. The van der Waals surface area contributed by atoms with Crippen LogP contribution in [0.4, 0.5) is 15.3 Å². The maximum Gasteiger partial charge on any atom is 0.509 e. The summed E-state index contributed by atoms with van der Waals surface area (Å²) in [6, 6.07) is 6.87. The summed E-state index contributed by atoms with van der Waals surface area (Å²) in [6.07, 6.45) is -0.747. The van der Waals surface area contributed by atoms with Gasteiger partial charge in [-0.2, -0.15) is 0 Å². The van der Waals surface area contributed by atoms with Crippen molar-refractivity contribution in [3.8, 4) is 0 Å². The highest BCUT2D eigenvalue weighted by molar-refractivity contribution is 5.85. The van der Waals surface area contributed by atoms with Gasteiger partial charge in [-0.3, -0.25) is 5.32 Å². The molecule has 1 unspecified atom stereocenters. The maximum absolute atomic E-state index is 11.8. The van der Waals surface area contributed by atoms with E-state index in [2.05, 4.69) is 16.6 Å². The van der Waals surface area contributed by atoms with Crippen LogP contribution in [0.3, 0.4) is 0 Å². The SMILES string of the molecule is C=CC(OC(=O)OC(C)(C)C)c1ccccc1NC(=O)OC. The molecule has 1 N–H and O–H groups in total. The topological polar surface area (TPSA) is 73.9 Å². The van der Waals surface area contributed by atoms with Crippen LogP contribution in [0.5, 0.6) is 0 Å². The number of benzene rings is 1. The molecule has 0 spiro atoms. The van der Waals surface area contributed by atoms with Crippen molar-refractivity contribution >= 4 is 17.9 Å². The van der Waals surface area contributed by atoms with Crippen molar-refractivity contribution in [3.63, 3.8) is 0 Å². The summed E-state index contributed by atoms with van der Waals surface area (Å²) in [5, 5.41) is 2.56. The molecule has 1 atom stereocenters. The summed E-state index contributed by atoms with van der Waals surface area (Å²) >= 11 is 0. The number of ether oxygens (including phenoxy) is 3. The standard InChI is InChI=1S/C16H21NO5/c1-6-13(21-15(19)22-16(2,3)4)11-9-7-8-10-12(11)17-14(18)20-5/h6-10,13H,1H2,2-5H3,(H,17,18). The minimum absolute atomic E-state index is 0.461. The molecule has 6 heteroatoms. The predicted octanol–water partition coefficient (Wildman–Crippen LogP) is 4.04. The highest BCUT2D eigenvalue weighted by Gasteiger charge is 2.22. The molecule has 1 aromatic carbocycles. The Balaban J connectivity index is 2.93. The van der Waals surface area contributed by atoms with E-state index in [1.165, 1.54) is 13.2 Å². The highest BCUT2D eigenvalue weighted by atomic mass is 16.7. The molecular formula is C16H21NO5. The zero-order valence-electron chi connectivity index (χ0n) is 13.2. The Morgan fingerprint density at radius 1 is 1.27 bits per heavy atom. The molecule has 0 saturated heterocycles. The number of hydrogen-bond acceptors (Lipinski definition) is 5. The fourth-order valence-corrected chi connectivity index (χ4v) is 1.64. The van der Waals surface area contributed by atoms with Crippen molar-refractivity contribution in [2.45, 2.75) is 32.5 Å². The zero-order valence-corrected chi connectivity index (χ0v) is 13.2. The van der Waals surface area contributed by atoms with E-state index >= 15 is 0 Å². The van der Waals surface area contributed by atoms with Gasteiger partial charge < -0.3 is 14.2 Å². The van der Waals surface area contributed by atoms with Gasteiger partial charge in [0, 0.05) is 5.56 Å². The lowest BCUT2D eigenvalue weighted by atomic mass is 10.1. The van der Waals surface area contributed by atoms with E-state index in [1.54, 1.807) is 45.0 Å². The van der Waals surface area contributed by atoms with Crippen molar-refractivity contribution in [1.29, 1.82) is 0 Å². The normalized spacial score (nSPS) is 12.0. The van der Waals surface area contributed by atoms with Crippen LogP contribution in [-0.2, 0) is 14.2 Å². The number of anilines is 1. The van der Waals surface area contributed by atoms with Crippen molar-refractivity contribution < 1.29 is 23.8 Å². The molecule has 1 rings (SSSR count). The van der Waals surface area contributed by atoms with E-state index in [0.717, 1.165) is 0 Å². The lowest BCUT2D eigenvalue weighted by Crippen LogP contribution is -2.25. The van der Waals surface area contributed by atoms with Gasteiger partial charge in [-0.1, -0.05) is 24.8 Å². The number of rotatable bonds is 4. The fraction of sp³-hybridized carbons (Fsp3) is 0.375. The van der Waals surface area contributed by atoms with Gasteiger partial charge in [0.25, 0.3) is 0 Å². The summed E-state index contributed by atoms with van der Waals surface area (Å²) in [4.78, 5) is 23.1. The minimum atomic E-state index is -0.815. The Kier molecular flexibility index (Phi) is 5.98. The van der Waals surface area contributed by atoms with Gasteiger partial charge >= 0.3 is 12.2 Å². The zero-order chi connectivity index (χ0) is 16.8. The van der Waals surface area contributed by atoms with Crippen LogP contribution in [0, 0.1) is 0 Å². The Morgan fingerprint density at radius 3 is 2.45 bits per heavy atom. The van der Waals surface area contributed by atoms with E-state index in [4.69, 9.17) is 9.47 Å². The number of nitrogens with one attached hydrogen (secondary N) is 1. The summed E-state index contributed by atoms with van der Waals surface area (Å²) in [5.74, 6) is 0. The van der Waals surface area contributed by atoms with Crippen LogP contribution in [0.25, 0.3) is 0 Å². The molecule has 120 valence electrons. The van der Waals surface area contributed by atoms with Gasteiger partial charge in [-0.25, -0.2) is 9.59 Å². The smallest absolute Gasteiger partial charge is 0.453 e. The first-order valence-electron chi connectivity index (χ1n) is 6.73. The number of carbonyl (C=O) groups is 2. The summed E-state index contributed by atoms with van der Waals surface area (Å²) in [6.45, 7) is 8.87. The summed E-state index contributed by atoms with van der Waals surface area (Å²) in [5.41, 5.74) is 0.364. The molecule has 0 aliphatic rings. The molecule has 0 saturated carbocycles. The molecule has 0 radical (unpaired) electrons. The van der Waals surface area contributed by atoms with Crippen LogP contribution < -0.4 is 5.32 Å². The van der Waals surface area contributed by atoms with Crippen LogP contribution in [-0.4, -0.2) is 25.0 Å². The Bertz CT molecular complexity index is 548. The van der Waals surface area contributed by atoms with Crippen molar-refractivity contribution in [1.82, 2.24) is 0 Å². The van der Waals surface area contributed by atoms with E-state index in [9.17, 15) is 9.59 Å². The Morgan fingerprint density at radius 2 is 1.91 bits per heavy atom. The Hall–Kier alpha value is -2.50. The van der Waals surface area contributed by atoms with E-state index < -0.39 is 24.0 Å². The van der Waals surface area contributed by atoms with Gasteiger partial charge in [0.05, 0.1) is 12.8 Å². The van der Waals surface area contributed by atoms with E-state index in [1.807, 2.05) is 0 Å². The van der Waals surface area contributed by atoms with Crippen LogP contribution >= 0.6 is 0 Å². The fourth-order valence-electron chi connectivity index (χ4n) is 1.64. The molecule has 0 aliphatic carbocycles. The molecule has 0 aromatic heterocycles. The van der Waals surface area contributed by atoms with Gasteiger partial charge in [0.2, 0.25) is 0 Å². The second-order valence-electron chi connectivity index (χ2n) is 5.44. The molecule has 1 aromatic rings. The molecular weight excluding hydrogens is 286 g/mol. The van der Waals surface area contributed by atoms with Crippen LogP contribution in [0.15, 0.2) is 36.9 Å². The van der Waals surface area contributed by atoms with E-state index in [0.29, 0.717) is 11.3 Å². The van der Waals surface area contributed by atoms with Gasteiger partial charge in [-0.05, 0) is 32.9 Å². The monoisotopic (exact) mass is 307 g/mol. The van der Waals surface area contributed by atoms with Crippen molar-refractivity contribution in [3.05, 3.63) is 42.5 Å². The first kappa shape index (κ1) is 17.6. The number of amides is 1. The molecule has 0 bridgehead atoms. The molecule has 22 heavy (non-hydrogen) atoms. The number of hydrogen-bond donors (Lipinski definition) is 1. The van der Waals surface area contributed by atoms with E-state index in [-0.39, 0.29) is 0 Å². The summed E-state index contributed by atoms with van der Waals surface area (Å²) in [7, 11) is 1.26. The third kappa shape index (κ3) is 5.47. The predicted molar refractivity (Wildman–Crippen MR) is 82.7 cm³/mol. The van der Waals surface area contributed by atoms with Gasteiger partial charge in [0.15, 0.2) is 6.10 Å². The quantitative estimate of drug-likeness (QED) is 0.671. The first-order valence-corrected chi connectivity index (χ1v) is 6.73. The van der Waals surface area contributed by atoms with Crippen molar-refractivity contribution in [2.75, 3.05) is 12.4 Å². The highest BCUT2D eigenvalue weighted by Crippen LogP contribution is 2.27. The van der Waals surface area contributed by atoms with Gasteiger partial charge in [-0.15, -0.1) is 0 Å². The maximum atomic E-state index is 11.8. The second-order valence-corrected chi connectivity index (χ2v) is 5.44. The molecule has 0 heterocycles. The third-order valence-electron chi connectivity index (χ3n) is 2.52. The average molecular weight is 307 g/mol. The molecule has 6 nitrogen and oxygen atoms in total. The van der Waals surface area contributed by atoms with Gasteiger partial charge in [0.1, 0.15) is 5.60 Å². The largest absolute Gasteiger partial charge is 0.509 e. The minimum Gasteiger partial charge on any atom is -0.453 e. The number of methoxy groups -OCH3 is 1. The second kappa shape index (κ2) is 7.49. The van der Waals surface area contributed by atoms with Crippen LogP contribution in [0.2, 0.25) is 0 Å². The lowest BCUT2D eigenvalue weighted by Gasteiger charge is -2.22. The third-order valence-corrected chi connectivity index (χ3v) is 2.52. The van der Waals surface area contributed by atoms with Crippen molar-refractivity contribution in [2.24, 2.45) is 0 Å².